The summed E-state index contributed by atoms with van der Waals surface area (Å²) in [4.78, 5) is 21.9. The molecule has 1 rings (SSSR count). The average molecular weight is 328 g/mol. The zero-order valence-corrected chi connectivity index (χ0v) is 11.9. The van der Waals surface area contributed by atoms with E-state index in [0.29, 0.717) is 22.3 Å². The molecule has 0 spiro atoms. The Morgan fingerprint density at radius 3 is 2.84 bits per heavy atom. The van der Waals surface area contributed by atoms with Crippen molar-refractivity contribution in [3.63, 3.8) is 0 Å². The molecule has 5 nitrogen and oxygen atoms in total. The van der Waals surface area contributed by atoms with Crippen LogP contribution in [-0.4, -0.2) is 30.1 Å². The zero-order valence-electron chi connectivity index (χ0n) is 10.4. The van der Waals surface area contributed by atoms with Crippen molar-refractivity contribution in [1.29, 1.82) is 0 Å². The molecule has 0 aromatic heterocycles. The lowest BCUT2D eigenvalue weighted by molar-refractivity contribution is -0.131. The molecule has 19 heavy (non-hydrogen) atoms. The molecule has 0 aliphatic rings. The summed E-state index contributed by atoms with van der Waals surface area (Å²) < 4.78 is 6.07. The number of para-hydroxylation sites is 1. The Hall–Kier alpha value is -1.82. The van der Waals surface area contributed by atoms with Crippen molar-refractivity contribution in [2.75, 3.05) is 13.2 Å². The Morgan fingerprint density at radius 2 is 2.21 bits per heavy atom. The van der Waals surface area contributed by atoms with Crippen LogP contribution in [-0.2, 0) is 9.59 Å². The fourth-order valence-corrected chi connectivity index (χ4v) is 1.85. The number of halogens is 1. The molecule has 1 aromatic rings. The Balaban J connectivity index is 2.86. The van der Waals surface area contributed by atoms with Crippen LogP contribution in [0.15, 0.2) is 28.7 Å². The van der Waals surface area contributed by atoms with Crippen LogP contribution in [0.5, 0.6) is 5.75 Å². The van der Waals surface area contributed by atoms with Crippen molar-refractivity contribution in [2.24, 2.45) is 0 Å². The Kier molecular flexibility index (Phi) is 6.08. The second-order valence-electron chi connectivity index (χ2n) is 3.57. The summed E-state index contributed by atoms with van der Waals surface area (Å²) in [7, 11) is 0. The van der Waals surface area contributed by atoms with Crippen LogP contribution in [0.3, 0.4) is 0 Å². The van der Waals surface area contributed by atoms with Crippen molar-refractivity contribution < 1.29 is 19.4 Å². The first kappa shape index (κ1) is 15.2. The molecule has 0 saturated heterocycles. The number of nitrogens with one attached hydrogen (secondary N) is 1. The summed E-state index contributed by atoms with van der Waals surface area (Å²) in [5.74, 6) is -0.840. The Morgan fingerprint density at radius 1 is 1.47 bits per heavy atom. The van der Waals surface area contributed by atoms with Gasteiger partial charge in [-0.1, -0.05) is 12.1 Å². The summed E-state index contributed by atoms with van der Waals surface area (Å²) in [5.41, 5.74) is 0.584. The van der Waals surface area contributed by atoms with Gasteiger partial charge in [-0.25, -0.2) is 4.79 Å². The number of carboxylic acid groups (broad SMARTS) is 1. The van der Waals surface area contributed by atoms with Crippen LogP contribution in [0.1, 0.15) is 12.5 Å². The first-order valence-electron chi connectivity index (χ1n) is 5.63. The van der Waals surface area contributed by atoms with E-state index in [2.05, 4.69) is 21.2 Å². The Bertz CT molecular complexity index is 499. The van der Waals surface area contributed by atoms with Crippen LogP contribution in [0.2, 0.25) is 0 Å². The van der Waals surface area contributed by atoms with E-state index in [0.717, 1.165) is 6.08 Å². The lowest BCUT2D eigenvalue weighted by atomic mass is 10.2. The van der Waals surface area contributed by atoms with Gasteiger partial charge >= 0.3 is 5.97 Å². The molecule has 0 unspecified atom stereocenters. The fourth-order valence-electron chi connectivity index (χ4n) is 1.36. The van der Waals surface area contributed by atoms with Crippen LogP contribution < -0.4 is 10.1 Å². The van der Waals surface area contributed by atoms with Gasteiger partial charge in [0, 0.05) is 18.2 Å². The summed E-state index contributed by atoms with van der Waals surface area (Å²) >= 11 is 3.31. The van der Waals surface area contributed by atoms with Gasteiger partial charge in [-0.2, -0.15) is 0 Å². The predicted octanol–water partition coefficient (Wildman–Crippen LogP) is 2.06. The molecule has 0 fully saturated rings. The summed E-state index contributed by atoms with van der Waals surface area (Å²) in [6.45, 7) is 2.23. The molecule has 0 radical (unpaired) electrons. The van der Waals surface area contributed by atoms with E-state index < -0.39 is 5.97 Å². The first-order valence-corrected chi connectivity index (χ1v) is 6.43. The quantitative estimate of drug-likeness (QED) is 0.784. The monoisotopic (exact) mass is 327 g/mol. The molecule has 102 valence electrons. The topological polar surface area (TPSA) is 75.6 Å². The van der Waals surface area contributed by atoms with Crippen molar-refractivity contribution in [3.05, 3.63) is 34.3 Å². The number of likely N-dealkylation sites (N-methyl/N-ethyl adjacent to an activating group) is 1. The SMILES string of the molecule is CCNC(=O)COc1c(Br)cccc1/C=C/C(=O)O. The number of rotatable bonds is 6. The van der Waals surface area contributed by atoms with Gasteiger partial charge < -0.3 is 15.2 Å². The third-order valence-corrected chi connectivity index (χ3v) is 2.75. The largest absolute Gasteiger partial charge is 0.482 e. The maximum absolute atomic E-state index is 11.3. The van der Waals surface area contributed by atoms with Gasteiger partial charge in [0.2, 0.25) is 0 Å². The number of carboxylic acids is 1. The second-order valence-corrected chi connectivity index (χ2v) is 4.43. The molecule has 0 bridgehead atoms. The second kappa shape index (κ2) is 7.58. The highest BCUT2D eigenvalue weighted by Gasteiger charge is 2.08. The molecule has 0 atom stereocenters. The number of benzene rings is 1. The van der Waals surface area contributed by atoms with Gasteiger partial charge in [-0.3, -0.25) is 4.79 Å². The third kappa shape index (κ3) is 5.13. The molecule has 0 saturated carbocycles. The minimum atomic E-state index is -1.05. The molecule has 0 aliphatic heterocycles. The van der Waals surface area contributed by atoms with Gasteiger partial charge in [0.15, 0.2) is 6.61 Å². The first-order chi connectivity index (χ1) is 9.04. The van der Waals surface area contributed by atoms with Crippen LogP contribution in [0.4, 0.5) is 0 Å². The maximum Gasteiger partial charge on any atom is 0.328 e. The van der Waals surface area contributed by atoms with Gasteiger partial charge in [0.05, 0.1) is 4.47 Å². The highest BCUT2D eigenvalue weighted by atomic mass is 79.9. The van der Waals surface area contributed by atoms with Gasteiger partial charge in [0.25, 0.3) is 5.91 Å². The molecular weight excluding hydrogens is 314 g/mol. The highest BCUT2D eigenvalue weighted by molar-refractivity contribution is 9.10. The summed E-state index contributed by atoms with van der Waals surface area (Å²) in [5, 5.41) is 11.2. The number of hydrogen-bond donors (Lipinski definition) is 2. The van der Waals surface area contributed by atoms with E-state index in [1.807, 2.05) is 6.92 Å². The summed E-state index contributed by atoms with van der Waals surface area (Å²) in [6.07, 6.45) is 2.43. The standard InChI is InChI=1S/C13H14BrNO4/c1-2-15-11(16)8-19-13-9(6-7-12(17)18)4-3-5-10(13)14/h3-7H,2,8H2,1H3,(H,15,16)(H,17,18)/b7-6+. The molecular formula is C13H14BrNO4. The lowest BCUT2D eigenvalue weighted by Crippen LogP contribution is -2.28. The lowest BCUT2D eigenvalue weighted by Gasteiger charge is -2.10. The van der Waals surface area contributed by atoms with Crippen LogP contribution in [0.25, 0.3) is 6.08 Å². The number of hydrogen-bond acceptors (Lipinski definition) is 3. The smallest absolute Gasteiger partial charge is 0.328 e. The molecule has 0 heterocycles. The molecule has 6 heteroatoms. The van der Waals surface area contributed by atoms with Crippen molar-refractivity contribution >= 4 is 33.9 Å². The average Bonchev–Trinajstić information content (AvgIpc) is 2.35. The van der Waals surface area contributed by atoms with E-state index >= 15 is 0 Å². The number of carbonyl (C=O) groups excluding carboxylic acids is 1. The number of ether oxygens (including phenoxy) is 1. The predicted molar refractivity (Wildman–Crippen MR) is 75.0 cm³/mol. The van der Waals surface area contributed by atoms with Crippen LogP contribution in [0, 0.1) is 0 Å². The minimum absolute atomic E-state index is 0.121. The number of aliphatic carboxylic acids is 1. The third-order valence-electron chi connectivity index (χ3n) is 2.12. The van der Waals surface area contributed by atoms with Crippen LogP contribution >= 0.6 is 15.9 Å². The van der Waals surface area contributed by atoms with E-state index in [1.165, 1.54) is 6.08 Å². The molecule has 2 N–H and O–H groups in total. The van der Waals surface area contributed by atoms with Crippen molar-refractivity contribution in [1.82, 2.24) is 5.32 Å². The molecule has 0 aliphatic carbocycles. The van der Waals surface area contributed by atoms with Gasteiger partial charge in [-0.05, 0) is 35.0 Å². The summed E-state index contributed by atoms with van der Waals surface area (Å²) in [6, 6.07) is 5.22. The van der Waals surface area contributed by atoms with E-state index in [9.17, 15) is 9.59 Å². The van der Waals surface area contributed by atoms with E-state index in [4.69, 9.17) is 9.84 Å². The maximum atomic E-state index is 11.3. The fraction of sp³-hybridized carbons (Fsp3) is 0.231. The number of carbonyl (C=O) groups is 2. The number of amides is 1. The Labute approximate surface area is 119 Å². The van der Waals surface area contributed by atoms with E-state index in [-0.39, 0.29) is 12.5 Å². The van der Waals surface area contributed by atoms with Gasteiger partial charge in [-0.15, -0.1) is 0 Å². The molecule has 1 amide bonds. The normalized spacial score (nSPS) is 10.4. The van der Waals surface area contributed by atoms with Crippen molar-refractivity contribution in [3.8, 4) is 5.75 Å². The molecule has 1 aromatic carbocycles. The minimum Gasteiger partial charge on any atom is -0.482 e. The van der Waals surface area contributed by atoms with Crippen molar-refractivity contribution in [2.45, 2.75) is 6.92 Å². The highest BCUT2D eigenvalue weighted by Crippen LogP contribution is 2.29. The zero-order chi connectivity index (χ0) is 14.3. The van der Waals surface area contributed by atoms with E-state index in [1.54, 1.807) is 18.2 Å². The van der Waals surface area contributed by atoms with Gasteiger partial charge in [0.1, 0.15) is 5.75 Å².